The first-order valence-corrected chi connectivity index (χ1v) is 8.54. The van der Waals surface area contributed by atoms with Gasteiger partial charge in [0.25, 0.3) is 0 Å². The standard InChI is InChI=1S/C16H29N3O/c17-15-5-3-1-2-4-14(15)16(20)18-12-8-10-19(11-9-12)13-6-7-13/h12-15H,1-11,17H2,(H,18,20). The number of hydrogen-bond acceptors (Lipinski definition) is 3. The van der Waals surface area contributed by atoms with Crippen LogP contribution in [0.15, 0.2) is 0 Å². The van der Waals surface area contributed by atoms with Gasteiger partial charge in [0.2, 0.25) is 5.91 Å². The molecule has 3 fully saturated rings. The van der Waals surface area contributed by atoms with Crippen molar-refractivity contribution >= 4 is 5.91 Å². The number of carbonyl (C=O) groups excluding carboxylic acids is 1. The van der Waals surface area contributed by atoms with Gasteiger partial charge in [0, 0.05) is 31.2 Å². The van der Waals surface area contributed by atoms with Crippen LogP contribution in [0.4, 0.5) is 0 Å². The van der Waals surface area contributed by atoms with E-state index >= 15 is 0 Å². The Morgan fingerprint density at radius 2 is 1.65 bits per heavy atom. The lowest BCUT2D eigenvalue weighted by molar-refractivity contribution is -0.126. The summed E-state index contributed by atoms with van der Waals surface area (Å²) in [7, 11) is 0. The minimum absolute atomic E-state index is 0.0546. The summed E-state index contributed by atoms with van der Waals surface area (Å²) < 4.78 is 0. The maximum Gasteiger partial charge on any atom is 0.224 e. The Kier molecular flexibility index (Phi) is 4.61. The minimum Gasteiger partial charge on any atom is -0.353 e. The van der Waals surface area contributed by atoms with Crippen LogP contribution in [0.25, 0.3) is 0 Å². The van der Waals surface area contributed by atoms with Crippen molar-refractivity contribution in [1.82, 2.24) is 10.2 Å². The fourth-order valence-electron chi connectivity index (χ4n) is 3.82. The van der Waals surface area contributed by atoms with Crippen LogP contribution in [0.1, 0.15) is 57.8 Å². The van der Waals surface area contributed by atoms with Crippen molar-refractivity contribution in [2.24, 2.45) is 11.7 Å². The molecule has 2 unspecified atom stereocenters. The van der Waals surface area contributed by atoms with E-state index in [1.807, 2.05) is 0 Å². The SMILES string of the molecule is NC1CCCCCC1C(=O)NC1CCN(C2CC2)CC1. The summed E-state index contributed by atoms with van der Waals surface area (Å²) in [4.78, 5) is 15.0. The van der Waals surface area contributed by atoms with Crippen molar-refractivity contribution in [1.29, 1.82) is 0 Å². The first kappa shape index (κ1) is 14.3. The molecule has 4 heteroatoms. The Hall–Kier alpha value is -0.610. The fraction of sp³-hybridized carbons (Fsp3) is 0.938. The molecule has 1 saturated heterocycles. The lowest BCUT2D eigenvalue weighted by atomic mass is 9.93. The quantitative estimate of drug-likeness (QED) is 0.772. The van der Waals surface area contributed by atoms with Crippen LogP contribution in [0, 0.1) is 5.92 Å². The highest BCUT2D eigenvalue weighted by Crippen LogP contribution is 2.29. The van der Waals surface area contributed by atoms with Gasteiger partial charge >= 0.3 is 0 Å². The number of hydrogen-bond donors (Lipinski definition) is 2. The summed E-state index contributed by atoms with van der Waals surface area (Å²) >= 11 is 0. The molecule has 3 rings (SSSR count). The van der Waals surface area contributed by atoms with E-state index < -0.39 is 0 Å². The molecule has 4 nitrogen and oxygen atoms in total. The van der Waals surface area contributed by atoms with Gasteiger partial charge in [0.1, 0.15) is 0 Å². The van der Waals surface area contributed by atoms with Crippen molar-refractivity contribution < 1.29 is 4.79 Å². The summed E-state index contributed by atoms with van der Waals surface area (Å²) in [6.45, 7) is 2.32. The molecule has 1 amide bonds. The summed E-state index contributed by atoms with van der Waals surface area (Å²) in [5.74, 6) is 0.281. The maximum atomic E-state index is 12.5. The highest BCUT2D eigenvalue weighted by atomic mass is 16.2. The van der Waals surface area contributed by atoms with Gasteiger partial charge in [-0.2, -0.15) is 0 Å². The van der Waals surface area contributed by atoms with Crippen LogP contribution in [0.3, 0.4) is 0 Å². The maximum absolute atomic E-state index is 12.5. The zero-order chi connectivity index (χ0) is 13.9. The van der Waals surface area contributed by atoms with Gasteiger partial charge < -0.3 is 16.0 Å². The Labute approximate surface area is 122 Å². The zero-order valence-electron chi connectivity index (χ0n) is 12.5. The molecule has 1 aliphatic heterocycles. The van der Waals surface area contributed by atoms with Crippen LogP contribution in [-0.2, 0) is 4.79 Å². The summed E-state index contributed by atoms with van der Waals surface area (Å²) in [5.41, 5.74) is 6.19. The van der Waals surface area contributed by atoms with E-state index in [1.165, 1.54) is 25.7 Å². The van der Waals surface area contributed by atoms with Crippen molar-refractivity contribution in [3.05, 3.63) is 0 Å². The topological polar surface area (TPSA) is 58.4 Å². The Morgan fingerprint density at radius 1 is 0.950 bits per heavy atom. The molecule has 0 aromatic carbocycles. The van der Waals surface area contributed by atoms with Gasteiger partial charge in [0.15, 0.2) is 0 Å². The monoisotopic (exact) mass is 279 g/mol. The van der Waals surface area contributed by atoms with Crippen LogP contribution in [0.5, 0.6) is 0 Å². The Bertz CT molecular complexity index is 335. The molecule has 2 aliphatic carbocycles. The van der Waals surface area contributed by atoms with E-state index in [1.54, 1.807) is 0 Å². The predicted molar refractivity (Wildman–Crippen MR) is 80.3 cm³/mol. The number of rotatable bonds is 3. The molecule has 2 saturated carbocycles. The van der Waals surface area contributed by atoms with Crippen LogP contribution in [-0.4, -0.2) is 42.0 Å². The van der Waals surface area contributed by atoms with Gasteiger partial charge in [-0.15, -0.1) is 0 Å². The molecule has 20 heavy (non-hydrogen) atoms. The second-order valence-corrected chi connectivity index (χ2v) is 6.96. The van der Waals surface area contributed by atoms with Gasteiger partial charge in [-0.3, -0.25) is 4.79 Å². The lowest BCUT2D eigenvalue weighted by Gasteiger charge is -2.33. The molecule has 0 aromatic heterocycles. The molecule has 0 bridgehead atoms. The third-order valence-electron chi connectivity index (χ3n) is 5.35. The number of nitrogens with one attached hydrogen (secondary N) is 1. The van der Waals surface area contributed by atoms with Gasteiger partial charge in [-0.1, -0.05) is 19.3 Å². The summed E-state index contributed by atoms with van der Waals surface area (Å²) in [6, 6.07) is 1.32. The predicted octanol–water partition coefficient (Wildman–Crippen LogP) is 1.64. The highest BCUT2D eigenvalue weighted by molar-refractivity contribution is 5.79. The summed E-state index contributed by atoms with van der Waals surface area (Å²) in [6.07, 6.45) is 10.6. The number of piperidine rings is 1. The summed E-state index contributed by atoms with van der Waals surface area (Å²) in [5, 5.41) is 3.28. The largest absolute Gasteiger partial charge is 0.353 e. The molecular weight excluding hydrogens is 250 g/mol. The number of carbonyl (C=O) groups is 1. The molecule has 3 aliphatic rings. The van der Waals surface area contributed by atoms with E-state index in [9.17, 15) is 4.79 Å². The van der Waals surface area contributed by atoms with Crippen LogP contribution >= 0.6 is 0 Å². The number of nitrogens with zero attached hydrogens (tertiary/aromatic N) is 1. The highest BCUT2D eigenvalue weighted by Gasteiger charge is 2.33. The molecular formula is C16H29N3O. The Morgan fingerprint density at radius 3 is 2.35 bits per heavy atom. The number of amides is 1. The van der Waals surface area contributed by atoms with E-state index in [0.29, 0.717) is 6.04 Å². The smallest absolute Gasteiger partial charge is 0.224 e. The molecule has 3 N–H and O–H groups in total. The first-order chi connectivity index (χ1) is 9.74. The third-order valence-corrected chi connectivity index (χ3v) is 5.35. The molecule has 0 radical (unpaired) electrons. The first-order valence-electron chi connectivity index (χ1n) is 8.54. The average Bonchev–Trinajstić information content (AvgIpc) is 3.27. The lowest BCUT2D eigenvalue weighted by Crippen LogP contribution is -2.49. The fourth-order valence-corrected chi connectivity index (χ4v) is 3.82. The van der Waals surface area contributed by atoms with E-state index in [-0.39, 0.29) is 17.9 Å². The van der Waals surface area contributed by atoms with Gasteiger partial charge in [0.05, 0.1) is 5.92 Å². The third kappa shape index (κ3) is 3.53. The van der Waals surface area contributed by atoms with Crippen molar-refractivity contribution in [2.75, 3.05) is 13.1 Å². The number of nitrogens with two attached hydrogens (primary N) is 1. The van der Waals surface area contributed by atoms with Gasteiger partial charge in [-0.05, 0) is 38.5 Å². The van der Waals surface area contributed by atoms with Crippen LogP contribution in [0.2, 0.25) is 0 Å². The molecule has 0 spiro atoms. The second-order valence-electron chi connectivity index (χ2n) is 6.96. The molecule has 114 valence electrons. The van der Waals surface area contributed by atoms with E-state index in [4.69, 9.17) is 5.73 Å². The number of likely N-dealkylation sites (tertiary alicyclic amines) is 1. The van der Waals surface area contributed by atoms with Gasteiger partial charge in [-0.25, -0.2) is 0 Å². The molecule has 2 atom stereocenters. The van der Waals surface area contributed by atoms with E-state index in [0.717, 1.165) is 51.2 Å². The Balaban J connectivity index is 1.46. The van der Waals surface area contributed by atoms with Crippen molar-refractivity contribution in [2.45, 2.75) is 75.9 Å². The van der Waals surface area contributed by atoms with E-state index in [2.05, 4.69) is 10.2 Å². The van der Waals surface area contributed by atoms with Crippen molar-refractivity contribution in [3.63, 3.8) is 0 Å². The minimum atomic E-state index is 0.0546. The normalized spacial score (nSPS) is 33.6. The van der Waals surface area contributed by atoms with Crippen LogP contribution < -0.4 is 11.1 Å². The van der Waals surface area contributed by atoms with Crippen molar-refractivity contribution in [3.8, 4) is 0 Å². The molecule has 1 heterocycles. The molecule has 0 aromatic rings. The average molecular weight is 279 g/mol. The second kappa shape index (κ2) is 6.44. The zero-order valence-corrected chi connectivity index (χ0v) is 12.5.